The average molecular weight is 322 g/mol. The van der Waals surface area contributed by atoms with Gasteiger partial charge in [0.1, 0.15) is 4.99 Å². The minimum absolute atomic E-state index is 0.144. The van der Waals surface area contributed by atoms with E-state index >= 15 is 0 Å². The van der Waals surface area contributed by atoms with Crippen molar-refractivity contribution in [2.24, 2.45) is 5.73 Å². The van der Waals surface area contributed by atoms with Crippen molar-refractivity contribution < 1.29 is 13.2 Å². The summed E-state index contributed by atoms with van der Waals surface area (Å²) >= 11 is 6.43. The molecule has 0 aromatic heterocycles. The third kappa shape index (κ3) is 4.86. The van der Waals surface area contributed by atoms with E-state index in [-0.39, 0.29) is 16.6 Å². The Balaban J connectivity index is 2.96. The Morgan fingerprint density at radius 2 is 2.10 bits per heavy atom. The van der Waals surface area contributed by atoms with Crippen LogP contribution in [-0.2, 0) is 6.18 Å². The Bertz CT molecular complexity index is 475. The molecule has 20 heavy (non-hydrogen) atoms. The van der Waals surface area contributed by atoms with Gasteiger partial charge in [-0.2, -0.15) is 24.9 Å². The monoisotopic (exact) mass is 322 g/mol. The quantitative estimate of drug-likeness (QED) is 0.779. The van der Waals surface area contributed by atoms with Gasteiger partial charge in [0.05, 0.1) is 5.56 Å². The maximum atomic E-state index is 12.8. The lowest BCUT2D eigenvalue weighted by Crippen LogP contribution is -2.20. The molecule has 3 N–H and O–H groups in total. The zero-order valence-electron chi connectivity index (χ0n) is 11.3. The summed E-state index contributed by atoms with van der Waals surface area (Å²) in [5.74, 6) is 0.983. The number of hydrogen-bond donors (Lipinski definition) is 2. The second kappa shape index (κ2) is 7.17. The molecule has 0 amide bonds. The molecule has 1 unspecified atom stereocenters. The van der Waals surface area contributed by atoms with E-state index in [1.54, 1.807) is 11.8 Å². The van der Waals surface area contributed by atoms with Crippen LogP contribution in [0.15, 0.2) is 18.2 Å². The summed E-state index contributed by atoms with van der Waals surface area (Å²) in [7, 11) is 0. The molecule has 0 saturated heterocycles. The lowest BCUT2D eigenvalue weighted by molar-refractivity contribution is -0.137. The summed E-state index contributed by atoms with van der Waals surface area (Å²) in [6, 6.07) is 3.94. The Kier molecular flexibility index (Phi) is 6.13. The van der Waals surface area contributed by atoms with Crippen LogP contribution < -0.4 is 11.1 Å². The van der Waals surface area contributed by atoms with E-state index in [0.29, 0.717) is 5.69 Å². The fraction of sp³-hybridized carbons (Fsp3) is 0.462. The zero-order valence-corrected chi connectivity index (χ0v) is 12.9. The minimum Gasteiger partial charge on any atom is -0.389 e. The van der Waals surface area contributed by atoms with Crippen LogP contribution in [-0.4, -0.2) is 23.0 Å². The SMILES string of the molecule is CSCCC(C)Nc1ccc(C(F)(F)F)c(C(N)=S)c1. The third-order valence-electron chi connectivity index (χ3n) is 2.76. The molecule has 7 heteroatoms. The van der Waals surface area contributed by atoms with Crippen molar-refractivity contribution in [1.82, 2.24) is 0 Å². The zero-order chi connectivity index (χ0) is 15.3. The number of thiocarbonyl (C=S) groups is 1. The predicted octanol–water partition coefficient (Wildman–Crippen LogP) is 3.89. The highest BCUT2D eigenvalue weighted by Crippen LogP contribution is 2.33. The summed E-state index contributed by atoms with van der Waals surface area (Å²) in [4.78, 5) is -0.252. The summed E-state index contributed by atoms with van der Waals surface area (Å²) in [6.45, 7) is 1.98. The van der Waals surface area contributed by atoms with E-state index < -0.39 is 11.7 Å². The van der Waals surface area contributed by atoms with Gasteiger partial charge >= 0.3 is 6.18 Å². The summed E-state index contributed by atoms with van der Waals surface area (Å²) in [6.07, 6.45) is -1.53. The number of halogens is 3. The molecule has 0 aliphatic carbocycles. The number of rotatable bonds is 6. The van der Waals surface area contributed by atoms with Gasteiger partial charge in [-0.05, 0) is 43.6 Å². The van der Waals surface area contributed by atoms with Crippen molar-refractivity contribution in [2.45, 2.75) is 25.6 Å². The van der Waals surface area contributed by atoms with Crippen LogP contribution >= 0.6 is 24.0 Å². The van der Waals surface area contributed by atoms with Crippen molar-refractivity contribution in [3.05, 3.63) is 29.3 Å². The Morgan fingerprint density at radius 3 is 2.60 bits per heavy atom. The largest absolute Gasteiger partial charge is 0.417 e. The lowest BCUT2D eigenvalue weighted by Gasteiger charge is -2.18. The number of nitrogens with one attached hydrogen (secondary N) is 1. The van der Waals surface area contributed by atoms with Gasteiger partial charge in [-0.3, -0.25) is 0 Å². The van der Waals surface area contributed by atoms with Crippen LogP contribution in [0.2, 0.25) is 0 Å². The van der Waals surface area contributed by atoms with E-state index in [1.165, 1.54) is 12.1 Å². The first kappa shape index (κ1) is 17.1. The van der Waals surface area contributed by atoms with Gasteiger partial charge in [0.2, 0.25) is 0 Å². The Morgan fingerprint density at radius 1 is 1.45 bits per heavy atom. The van der Waals surface area contributed by atoms with Gasteiger partial charge in [-0.25, -0.2) is 0 Å². The number of nitrogens with two attached hydrogens (primary N) is 1. The Hall–Kier alpha value is -0.950. The molecular weight excluding hydrogens is 305 g/mol. The van der Waals surface area contributed by atoms with Crippen molar-refractivity contribution in [3.63, 3.8) is 0 Å². The van der Waals surface area contributed by atoms with Crippen molar-refractivity contribution in [2.75, 3.05) is 17.3 Å². The summed E-state index contributed by atoms with van der Waals surface area (Å²) < 4.78 is 38.5. The third-order valence-corrected chi connectivity index (χ3v) is 3.62. The van der Waals surface area contributed by atoms with Crippen LogP contribution in [0, 0.1) is 0 Å². The van der Waals surface area contributed by atoms with E-state index in [0.717, 1.165) is 18.2 Å². The first-order valence-electron chi connectivity index (χ1n) is 6.02. The van der Waals surface area contributed by atoms with Crippen molar-refractivity contribution in [3.8, 4) is 0 Å². The molecule has 112 valence electrons. The number of thioether (sulfide) groups is 1. The molecule has 0 aliphatic heterocycles. The molecule has 0 radical (unpaired) electrons. The van der Waals surface area contributed by atoms with Crippen molar-refractivity contribution >= 4 is 34.7 Å². The van der Waals surface area contributed by atoms with E-state index in [9.17, 15) is 13.2 Å². The number of benzene rings is 1. The fourth-order valence-electron chi connectivity index (χ4n) is 1.74. The van der Waals surface area contributed by atoms with Gasteiger partial charge < -0.3 is 11.1 Å². The van der Waals surface area contributed by atoms with Crippen LogP contribution in [0.3, 0.4) is 0 Å². The molecule has 0 spiro atoms. The highest BCUT2D eigenvalue weighted by atomic mass is 32.2. The van der Waals surface area contributed by atoms with Gasteiger partial charge in [0.15, 0.2) is 0 Å². The van der Waals surface area contributed by atoms with Crippen LogP contribution in [0.1, 0.15) is 24.5 Å². The number of anilines is 1. The smallest absolute Gasteiger partial charge is 0.389 e. The van der Waals surface area contributed by atoms with E-state index in [1.807, 2.05) is 13.2 Å². The number of alkyl halides is 3. The van der Waals surface area contributed by atoms with Gasteiger partial charge in [0, 0.05) is 17.3 Å². The second-order valence-corrected chi connectivity index (χ2v) is 5.87. The molecule has 1 rings (SSSR count). The standard InChI is InChI=1S/C13H17F3N2S2/c1-8(5-6-20-2)18-9-3-4-11(13(14,15)16)10(7-9)12(17)19/h3-4,7-8,18H,5-6H2,1-2H3,(H2,17,19). The molecule has 0 fully saturated rings. The topological polar surface area (TPSA) is 38.0 Å². The molecule has 1 aromatic rings. The molecule has 2 nitrogen and oxygen atoms in total. The van der Waals surface area contributed by atoms with Gasteiger partial charge in [-0.1, -0.05) is 12.2 Å². The predicted molar refractivity (Wildman–Crippen MR) is 83.4 cm³/mol. The first-order chi connectivity index (χ1) is 9.25. The normalized spacial score (nSPS) is 13.1. The summed E-state index contributed by atoms with van der Waals surface area (Å²) in [5, 5.41) is 3.15. The number of hydrogen-bond acceptors (Lipinski definition) is 3. The molecule has 1 aromatic carbocycles. The lowest BCUT2D eigenvalue weighted by atomic mass is 10.1. The minimum atomic E-state index is -4.46. The van der Waals surface area contributed by atoms with Crippen LogP contribution in [0.4, 0.5) is 18.9 Å². The maximum Gasteiger partial charge on any atom is 0.417 e. The molecule has 0 aliphatic rings. The highest BCUT2D eigenvalue weighted by Gasteiger charge is 2.34. The van der Waals surface area contributed by atoms with Crippen LogP contribution in [0.5, 0.6) is 0 Å². The molecular formula is C13H17F3N2S2. The van der Waals surface area contributed by atoms with Crippen LogP contribution in [0.25, 0.3) is 0 Å². The molecule has 0 saturated carbocycles. The van der Waals surface area contributed by atoms with Gasteiger partial charge in [-0.15, -0.1) is 0 Å². The second-order valence-electron chi connectivity index (χ2n) is 4.45. The molecule has 0 heterocycles. The Labute approximate surface area is 126 Å². The van der Waals surface area contributed by atoms with Crippen molar-refractivity contribution in [1.29, 1.82) is 0 Å². The average Bonchev–Trinajstić information content (AvgIpc) is 2.34. The maximum absolute atomic E-state index is 12.8. The summed E-state index contributed by atoms with van der Waals surface area (Å²) in [5.41, 5.74) is 5.04. The van der Waals surface area contributed by atoms with E-state index in [2.05, 4.69) is 5.32 Å². The molecule has 1 atom stereocenters. The highest BCUT2D eigenvalue weighted by molar-refractivity contribution is 7.98. The fourth-order valence-corrected chi connectivity index (χ4v) is 2.49. The first-order valence-corrected chi connectivity index (χ1v) is 7.82. The molecule has 0 bridgehead atoms. The van der Waals surface area contributed by atoms with E-state index in [4.69, 9.17) is 18.0 Å². The van der Waals surface area contributed by atoms with Gasteiger partial charge in [0.25, 0.3) is 0 Å².